The van der Waals surface area contributed by atoms with Gasteiger partial charge in [-0.1, -0.05) is 55.5 Å². The van der Waals surface area contributed by atoms with Crippen LogP contribution in [0.15, 0.2) is 71.6 Å². The van der Waals surface area contributed by atoms with Crippen LogP contribution in [-0.2, 0) is 21.2 Å². The third-order valence-electron chi connectivity index (χ3n) is 5.78. The number of para-hydroxylation sites is 1. The van der Waals surface area contributed by atoms with E-state index in [1.165, 1.54) is 9.87 Å². The Balaban J connectivity index is 1.37. The summed E-state index contributed by atoms with van der Waals surface area (Å²) in [5.74, 6) is -0.0198. The topological polar surface area (TPSA) is 69.7 Å². The Morgan fingerprint density at radius 2 is 1.58 bits per heavy atom. The van der Waals surface area contributed by atoms with E-state index in [0.717, 1.165) is 22.9 Å². The van der Waals surface area contributed by atoms with Crippen molar-refractivity contribution in [2.24, 2.45) is 0 Å². The SMILES string of the molecule is CCc1ccccc1NCC(=O)N1CCN(S(=O)(=O)c2ccc3ccccc3c2)CC1. The number of sulfonamides is 1. The number of amides is 1. The lowest BCUT2D eigenvalue weighted by Gasteiger charge is -2.34. The van der Waals surface area contributed by atoms with Crippen LogP contribution in [0.3, 0.4) is 0 Å². The quantitative estimate of drug-likeness (QED) is 0.642. The van der Waals surface area contributed by atoms with Crippen molar-refractivity contribution in [1.29, 1.82) is 0 Å². The van der Waals surface area contributed by atoms with Gasteiger partial charge in [-0.2, -0.15) is 4.31 Å². The maximum absolute atomic E-state index is 13.1. The summed E-state index contributed by atoms with van der Waals surface area (Å²) in [5.41, 5.74) is 2.14. The van der Waals surface area contributed by atoms with Gasteiger partial charge in [0.05, 0.1) is 11.4 Å². The lowest BCUT2D eigenvalue weighted by Crippen LogP contribution is -2.51. The van der Waals surface area contributed by atoms with Crippen molar-refractivity contribution in [2.75, 3.05) is 38.0 Å². The monoisotopic (exact) mass is 437 g/mol. The average Bonchev–Trinajstić information content (AvgIpc) is 2.82. The van der Waals surface area contributed by atoms with Gasteiger partial charge in [0.25, 0.3) is 0 Å². The molecule has 0 bridgehead atoms. The Morgan fingerprint density at radius 3 is 2.32 bits per heavy atom. The van der Waals surface area contributed by atoms with E-state index < -0.39 is 10.0 Å². The van der Waals surface area contributed by atoms with Gasteiger partial charge in [-0.3, -0.25) is 4.79 Å². The van der Waals surface area contributed by atoms with Gasteiger partial charge in [0.1, 0.15) is 0 Å². The largest absolute Gasteiger partial charge is 0.376 e. The van der Waals surface area contributed by atoms with Gasteiger partial charge < -0.3 is 10.2 Å². The summed E-state index contributed by atoms with van der Waals surface area (Å²) in [6.45, 7) is 3.66. The second-order valence-electron chi connectivity index (χ2n) is 7.66. The minimum Gasteiger partial charge on any atom is -0.376 e. The van der Waals surface area contributed by atoms with Crippen molar-refractivity contribution >= 4 is 32.4 Å². The zero-order valence-electron chi connectivity index (χ0n) is 17.6. The van der Waals surface area contributed by atoms with Gasteiger partial charge in [0.15, 0.2) is 0 Å². The molecule has 4 rings (SSSR count). The van der Waals surface area contributed by atoms with Crippen LogP contribution in [0.1, 0.15) is 12.5 Å². The molecule has 1 aliphatic rings. The molecular weight excluding hydrogens is 410 g/mol. The molecule has 7 heteroatoms. The molecular formula is C24H27N3O3S. The molecule has 0 atom stereocenters. The Bertz CT molecular complexity index is 1190. The first kappa shape index (κ1) is 21.3. The number of rotatable bonds is 6. The predicted molar refractivity (Wildman–Crippen MR) is 124 cm³/mol. The lowest BCUT2D eigenvalue weighted by molar-refractivity contribution is -0.130. The van der Waals surface area contributed by atoms with Crippen molar-refractivity contribution in [3.63, 3.8) is 0 Å². The summed E-state index contributed by atoms with van der Waals surface area (Å²) < 4.78 is 27.7. The average molecular weight is 438 g/mol. The van der Waals surface area contributed by atoms with Crippen LogP contribution in [0, 0.1) is 0 Å². The summed E-state index contributed by atoms with van der Waals surface area (Å²) in [5, 5.41) is 5.13. The molecule has 0 saturated carbocycles. The molecule has 6 nitrogen and oxygen atoms in total. The maximum atomic E-state index is 13.1. The van der Waals surface area contributed by atoms with Crippen molar-refractivity contribution in [3.05, 3.63) is 72.3 Å². The van der Waals surface area contributed by atoms with Crippen molar-refractivity contribution in [3.8, 4) is 0 Å². The highest BCUT2D eigenvalue weighted by Crippen LogP contribution is 2.23. The molecule has 162 valence electrons. The highest BCUT2D eigenvalue weighted by Gasteiger charge is 2.30. The number of hydrogen-bond donors (Lipinski definition) is 1. The molecule has 0 aliphatic carbocycles. The van der Waals surface area contributed by atoms with Crippen LogP contribution in [0.4, 0.5) is 5.69 Å². The van der Waals surface area contributed by atoms with E-state index in [0.29, 0.717) is 31.1 Å². The first-order valence-electron chi connectivity index (χ1n) is 10.6. The van der Waals surface area contributed by atoms with Gasteiger partial charge in [-0.25, -0.2) is 8.42 Å². The molecule has 0 aromatic heterocycles. The van der Waals surface area contributed by atoms with Crippen LogP contribution < -0.4 is 5.32 Å². The number of aryl methyl sites for hydroxylation is 1. The lowest BCUT2D eigenvalue weighted by atomic mass is 10.1. The van der Waals surface area contributed by atoms with Gasteiger partial charge in [-0.05, 0) is 41.0 Å². The maximum Gasteiger partial charge on any atom is 0.243 e. The van der Waals surface area contributed by atoms with Crippen molar-refractivity contribution in [2.45, 2.75) is 18.2 Å². The molecule has 1 saturated heterocycles. The summed E-state index contributed by atoms with van der Waals surface area (Å²) in [4.78, 5) is 14.7. The second kappa shape index (κ2) is 9.08. The Morgan fingerprint density at radius 1 is 0.903 bits per heavy atom. The number of hydrogen-bond acceptors (Lipinski definition) is 4. The molecule has 0 unspecified atom stereocenters. The first-order valence-corrected chi connectivity index (χ1v) is 12.0. The predicted octanol–water partition coefficient (Wildman–Crippen LogP) is 3.35. The molecule has 1 aliphatic heterocycles. The summed E-state index contributed by atoms with van der Waals surface area (Å²) in [7, 11) is -3.59. The molecule has 0 radical (unpaired) electrons. The van der Waals surface area contributed by atoms with E-state index in [1.54, 1.807) is 17.0 Å². The van der Waals surface area contributed by atoms with Crippen LogP contribution >= 0.6 is 0 Å². The first-order chi connectivity index (χ1) is 15.0. The van der Waals surface area contributed by atoms with Crippen molar-refractivity contribution < 1.29 is 13.2 Å². The molecule has 1 fully saturated rings. The third-order valence-corrected chi connectivity index (χ3v) is 7.67. The van der Waals surface area contributed by atoms with E-state index in [1.807, 2.05) is 54.6 Å². The van der Waals surface area contributed by atoms with Crippen LogP contribution in [-0.4, -0.2) is 56.3 Å². The molecule has 3 aromatic rings. The zero-order chi connectivity index (χ0) is 21.8. The Kier molecular flexibility index (Phi) is 6.25. The molecule has 0 spiro atoms. The highest BCUT2D eigenvalue weighted by molar-refractivity contribution is 7.89. The van der Waals surface area contributed by atoms with E-state index in [4.69, 9.17) is 0 Å². The van der Waals surface area contributed by atoms with E-state index in [2.05, 4.69) is 12.2 Å². The smallest absolute Gasteiger partial charge is 0.243 e. The standard InChI is InChI=1S/C24H27N3O3S/c1-2-19-7-5-6-10-23(19)25-18-24(28)26-13-15-27(16-14-26)31(29,30)22-12-11-20-8-3-4-9-21(20)17-22/h3-12,17,25H,2,13-16,18H2,1H3. The number of anilines is 1. The molecule has 3 aromatic carbocycles. The van der Waals surface area contributed by atoms with E-state index >= 15 is 0 Å². The number of nitrogens with one attached hydrogen (secondary N) is 1. The number of carbonyl (C=O) groups excluding carboxylic acids is 1. The van der Waals surface area contributed by atoms with Gasteiger partial charge in [0.2, 0.25) is 15.9 Å². The second-order valence-corrected chi connectivity index (χ2v) is 9.60. The minimum atomic E-state index is -3.59. The Hall–Kier alpha value is -2.90. The fraction of sp³-hybridized carbons (Fsp3) is 0.292. The summed E-state index contributed by atoms with van der Waals surface area (Å²) in [6.07, 6.45) is 0.892. The number of carbonyl (C=O) groups is 1. The number of nitrogens with zero attached hydrogens (tertiary/aromatic N) is 2. The van der Waals surface area contributed by atoms with Gasteiger partial charge in [-0.15, -0.1) is 0 Å². The number of fused-ring (bicyclic) bond motifs is 1. The van der Waals surface area contributed by atoms with E-state index in [9.17, 15) is 13.2 Å². The van der Waals surface area contributed by atoms with Gasteiger partial charge in [0, 0.05) is 31.9 Å². The normalized spacial score (nSPS) is 15.2. The minimum absolute atomic E-state index is 0.0198. The highest BCUT2D eigenvalue weighted by atomic mass is 32.2. The zero-order valence-corrected chi connectivity index (χ0v) is 18.4. The van der Waals surface area contributed by atoms with Crippen molar-refractivity contribution in [1.82, 2.24) is 9.21 Å². The fourth-order valence-corrected chi connectivity index (χ4v) is 5.40. The molecule has 1 heterocycles. The summed E-state index contributed by atoms with van der Waals surface area (Å²) in [6, 6.07) is 20.9. The Labute approximate surface area is 183 Å². The van der Waals surface area contributed by atoms with Gasteiger partial charge >= 0.3 is 0 Å². The third kappa shape index (κ3) is 4.57. The summed E-state index contributed by atoms with van der Waals surface area (Å²) >= 11 is 0. The number of piperazine rings is 1. The van der Waals surface area contributed by atoms with Crippen LogP contribution in [0.25, 0.3) is 10.8 Å². The number of benzene rings is 3. The molecule has 1 amide bonds. The van der Waals surface area contributed by atoms with Crippen LogP contribution in [0.2, 0.25) is 0 Å². The molecule has 1 N–H and O–H groups in total. The van der Waals surface area contributed by atoms with Crippen LogP contribution in [0.5, 0.6) is 0 Å². The van der Waals surface area contributed by atoms with E-state index in [-0.39, 0.29) is 12.5 Å². The molecule has 31 heavy (non-hydrogen) atoms. The fourth-order valence-electron chi connectivity index (χ4n) is 3.94.